The fourth-order valence-corrected chi connectivity index (χ4v) is 4.10. The summed E-state index contributed by atoms with van der Waals surface area (Å²) in [7, 11) is 5.76. The summed E-state index contributed by atoms with van der Waals surface area (Å²) in [5, 5.41) is 6.94. The number of benzene rings is 1. The highest BCUT2D eigenvalue weighted by Gasteiger charge is 2.30. The number of methoxy groups -OCH3 is 1. The molecular formula is C23H33N5O. The number of ether oxygens (including phenoxy) is 1. The van der Waals surface area contributed by atoms with Gasteiger partial charge in [-0.15, -0.1) is 0 Å². The van der Waals surface area contributed by atoms with Crippen LogP contribution in [0.5, 0.6) is 5.75 Å². The van der Waals surface area contributed by atoms with Crippen LogP contribution < -0.4 is 15.4 Å². The van der Waals surface area contributed by atoms with E-state index < -0.39 is 0 Å². The maximum Gasteiger partial charge on any atom is 0.190 e. The molecule has 156 valence electrons. The molecule has 1 aliphatic heterocycles. The monoisotopic (exact) mass is 395 g/mol. The van der Waals surface area contributed by atoms with Gasteiger partial charge in [0, 0.05) is 44.5 Å². The van der Waals surface area contributed by atoms with Crippen molar-refractivity contribution < 1.29 is 4.74 Å². The molecule has 1 aromatic carbocycles. The number of aromatic nitrogens is 1. The number of nitrogens with one attached hydrogen (secondary N) is 2. The van der Waals surface area contributed by atoms with Gasteiger partial charge in [-0.25, -0.2) is 0 Å². The third-order valence-corrected chi connectivity index (χ3v) is 5.62. The molecule has 1 aliphatic rings. The fourth-order valence-electron chi connectivity index (χ4n) is 4.10. The molecular weight excluding hydrogens is 362 g/mol. The maximum absolute atomic E-state index is 5.32. The van der Waals surface area contributed by atoms with Crippen molar-refractivity contribution in [3.05, 3.63) is 59.9 Å². The van der Waals surface area contributed by atoms with Gasteiger partial charge in [-0.3, -0.25) is 14.9 Å². The molecule has 1 saturated heterocycles. The Morgan fingerprint density at radius 2 is 2.03 bits per heavy atom. The van der Waals surface area contributed by atoms with E-state index in [4.69, 9.17) is 4.74 Å². The smallest absolute Gasteiger partial charge is 0.190 e. The van der Waals surface area contributed by atoms with E-state index in [2.05, 4.69) is 62.9 Å². The Labute approximate surface area is 174 Å². The first-order valence-corrected chi connectivity index (χ1v) is 10.4. The lowest BCUT2D eigenvalue weighted by atomic mass is 9.85. The van der Waals surface area contributed by atoms with Crippen LogP contribution in [0.2, 0.25) is 0 Å². The van der Waals surface area contributed by atoms with Crippen molar-refractivity contribution in [1.29, 1.82) is 0 Å². The Hall–Kier alpha value is -2.60. The number of hydrogen-bond acceptors (Lipinski definition) is 4. The standard InChI is InChI=1S/C23H33N5O/c1-24-23(26-15-13-20-8-4-5-14-25-20)27-17-19-7-6-16-28(2)22(19)18-9-11-21(29-3)12-10-18/h4-5,8-12,14,19,22H,6-7,13,15-17H2,1-3H3,(H2,24,26,27). The second-order valence-electron chi connectivity index (χ2n) is 7.55. The molecule has 2 atom stereocenters. The summed E-state index contributed by atoms with van der Waals surface area (Å²) in [6, 6.07) is 14.9. The summed E-state index contributed by atoms with van der Waals surface area (Å²) < 4.78 is 5.32. The Bertz CT molecular complexity index is 763. The van der Waals surface area contributed by atoms with Gasteiger partial charge in [0.2, 0.25) is 0 Å². The quantitative estimate of drug-likeness (QED) is 0.558. The maximum atomic E-state index is 5.32. The molecule has 2 N–H and O–H groups in total. The fraction of sp³-hybridized carbons (Fsp3) is 0.478. The Morgan fingerprint density at radius 1 is 1.21 bits per heavy atom. The first-order valence-electron chi connectivity index (χ1n) is 10.4. The third-order valence-electron chi connectivity index (χ3n) is 5.62. The molecule has 0 spiro atoms. The minimum atomic E-state index is 0.397. The first kappa shape index (κ1) is 21.1. The molecule has 0 amide bonds. The van der Waals surface area contributed by atoms with Crippen molar-refractivity contribution >= 4 is 5.96 Å². The first-order chi connectivity index (χ1) is 14.2. The molecule has 1 aromatic heterocycles. The van der Waals surface area contributed by atoms with Crippen LogP contribution in [0.3, 0.4) is 0 Å². The van der Waals surface area contributed by atoms with Gasteiger partial charge in [0.05, 0.1) is 7.11 Å². The van der Waals surface area contributed by atoms with Gasteiger partial charge in [-0.05, 0) is 62.2 Å². The van der Waals surface area contributed by atoms with Gasteiger partial charge in [0.15, 0.2) is 5.96 Å². The van der Waals surface area contributed by atoms with E-state index in [0.717, 1.165) is 43.5 Å². The van der Waals surface area contributed by atoms with Crippen LogP contribution in [0, 0.1) is 5.92 Å². The van der Waals surface area contributed by atoms with Crippen LogP contribution in [0.15, 0.2) is 53.7 Å². The molecule has 2 heterocycles. The molecule has 2 aromatic rings. The van der Waals surface area contributed by atoms with Crippen molar-refractivity contribution in [3.63, 3.8) is 0 Å². The van der Waals surface area contributed by atoms with E-state index >= 15 is 0 Å². The Morgan fingerprint density at radius 3 is 2.72 bits per heavy atom. The van der Waals surface area contributed by atoms with Crippen molar-refractivity contribution in [2.45, 2.75) is 25.3 Å². The van der Waals surface area contributed by atoms with E-state index in [9.17, 15) is 0 Å². The van der Waals surface area contributed by atoms with E-state index in [-0.39, 0.29) is 0 Å². The summed E-state index contributed by atoms with van der Waals surface area (Å²) >= 11 is 0. The highest BCUT2D eigenvalue weighted by atomic mass is 16.5. The average Bonchev–Trinajstić information content (AvgIpc) is 2.77. The van der Waals surface area contributed by atoms with Crippen molar-refractivity contribution in [1.82, 2.24) is 20.5 Å². The van der Waals surface area contributed by atoms with Gasteiger partial charge in [0.25, 0.3) is 0 Å². The summed E-state index contributed by atoms with van der Waals surface area (Å²) in [5.74, 6) is 2.28. The topological polar surface area (TPSA) is 61.8 Å². The average molecular weight is 396 g/mol. The second-order valence-corrected chi connectivity index (χ2v) is 7.55. The number of pyridine rings is 1. The van der Waals surface area contributed by atoms with Crippen LogP contribution >= 0.6 is 0 Å². The van der Waals surface area contributed by atoms with Gasteiger partial charge in [-0.2, -0.15) is 0 Å². The Balaban J connectivity index is 1.55. The zero-order valence-corrected chi connectivity index (χ0v) is 17.8. The normalized spacial score (nSPS) is 20.3. The van der Waals surface area contributed by atoms with E-state index in [1.807, 2.05) is 25.4 Å². The van der Waals surface area contributed by atoms with Gasteiger partial charge in [-0.1, -0.05) is 18.2 Å². The van der Waals surface area contributed by atoms with Crippen LogP contribution in [-0.4, -0.2) is 56.7 Å². The van der Waals surface area contributed by atoms with Crippen LogP contribution in [0.4, 0.5) is 0 Å². The van der Waals surface area contributed by atoms with Crippen LogP contribution in [0.1, 0.15) is 30.1 Å². The lowest BCUT2D eigenvalue weighted by Crippen LogP contribution is -2.45. The molecule has 3 rings (SSSR count). The zero-order valence-electron chi connectivity index (χ0n) is 17.8. The molecule has 0 saturated carbocycles. The highest BCUT2D eigenvalue weighted by molar-refractivity contribution is 5.79. The highest BCUT2D eigenvalue weighted by Crippen LogP contribution is 2.35. The summed E-state index contributed by atoms with van der Waals surface area (Å²) in [6.45, 7) is 2.83. The van der Waals surface area contributed by atoms with Crippen molar-refractivity contribution in [2.24, 2.45) is 10.9 Å². The largest absolute Gasteiger partial charge is 0.497 e. The van der Waals surface area contributed by atoms with E-state index in [1.165, 1.54) is 18.4 Å². The predicted molar refractivity (Wildman–Crippen MR) is 118 cm³/mol. The number of aliphatic imine (C=N–C) groups is 1. The molecule has 0 aliphatic carbocycles. The van der Waals surface area contributed by atoms with Gasteiger partial charge >= 0.3 is 0 Å². The second kappa shape index (κ2) is 10.8. The molecule has 6 nitrogen and oxygen atoms in total. The lowest BCUT2D eigenvalue weighted by Gasteiger charge is -2.40. The van der Waals surface area contributed by atoms with Crippen LogP contribution in [-0.2, 0) is 6.42 Å². The molecule has 2 unspecified atom stereocenters. The van der Waals surface area contributed by atoms with Crippen molar-refractivity contribution in [3.8, 4) is 5.75 Å². The van der Waals surface area contributed by atoms with Gasteiger partial charge in [0.1, 0.15) is 5.75 Å². The molecule has 0 bridgehead atoms. The zero-order chi connectivity index (χ0) is 20.5. The summed E-state index contributed by atoms with van der Waals surface area (Å²) in [4.78, 5) is 11.2. The number of guanidine groups is 1. The van der Waals surface area contributed by atoms with Gasteiger partial charge < -0.3 is 15.4 Å². The minimum Gasteiger partial charge on any atom is -0.497 e. The predicted octanol–water partition coefficient (Wildman–Crippen LogP) is 2.88. The number of rotatable bonds is 7. The third kappa shape index (κ3) is 5.94. The molecule has 1 fully saturated rings. The van der Waals surface area contributed by atoms with Crippen molar-refractivity contribution in [2.75, 3.05) is 40.8 Å². The van der Waals surface area contributed by atoms with E-state index in [1.54, 1.807) is 7.11 Å². The minimum absolute atomic E-state index is 0.397. The van der Waals surface area contributed by atoms with E-state index in [0.29, 0.717) is 12.0 Å². The number of hydrogen-bond donors (Lipinski definition) is 2. The summed E-state index contributed by atoms with van der Waals surface area (Å²) in [6.07, 6.45) is 5.14. The summed E-state index contributed by atoms with van der Waals surface area (Å²) in [5.41, 5.74) is 2.43. The Kier molecular flexibility index (Phi) is 7.87. The lowest BCUT2D eigenvalue weighted by molar-refractivity contribution is 0.122. The number of likely N-dealkylation sites (tertiary alicyclic amines) is 1. The molecule has 6 heteroatoms. The number of piperidine rings is 1. The molecule has 29 heavy (non-hydrogen) atoms. The van der Waals surface area contributed by atoms with Crippen LogP contribution in [0.25, 0.3) is 0 Å². The number of nitrogens with zero attached hydrogens (tertiary/aromatic N) is 3. The SMILES string of the molecule is CN=C(NCCc1ccccn1)NCC1CCCN(C)C1c1ccc(OC)cc1. The molecule has 0 radical (unpaired) electrons.